The number of carbonyl (C=O) groups is 16. The second-order valence-corrected chi connectivity index (χ2v) is 32.3. The van der Waals surface area contributed by atoms with E-state index in [1.807, 2.05) is 13.8 Å². The van der Waals surface area contributed by atoms with E-state index < -0.39 is 204 Å². The van der Waals surface area contributed by atoms with Crippen molar-refractivity contribution in [2.24, 2.45) is 35.3 Å². The summed E-state index contributed by atoms with van der Waals surface area (Å²) in [6, 6.07) is -2.00. The highest BCUT2D eigenvalue weighted by Crippen LogP contribution is 2.26. The number of aliphatic hydroxyl groups excluding tert-OH is 1. The molecule has 13 amide bonds. The highest BCUT2D eigenvalue weighted by atomic mass is 33.1. The topological polar surface area (TPSA) is 577 Å². The van der Waals surface area contributed by atoms with Crippen molar-refractivity contribution in [1.29, 1.82) is 0 Å². The van der Waals surface area contributed by atoms with Crippen molar-refractivity contribution >= 4 is 138 Å². The van der Waals surface area contributed by atoms with Gasteiger partial charge in [-0.25, -0.2) is 9.59 Å². The van der Waals surface area contributed by atoms with E-state index in [9.17, 15) is 92.3 Å². The minimum Gasteiger partial charge on any atom is -0.481 e. The number of carbonyl (C=O) groups excluding carboxylic acids is 13. The number of amides is 13. The van der Waals surface area contributed by atoms with Gasteiger partial charge in [0.15, 0.2) is 6.04 Å². The molecule has 2 aromatic carbocycles. The lowest BCUT2D eigenvalue weighted by Gasteiger charge is -2.27. The van der Waals surface area contributed by atoms with Crippen molar-refractivity contribution in [2.75, 3.05) is 44.3 Å². The zero-order chi connectivity index (χ0) is 85.9. The molecule has 0 bridgehead atoms. The number of benzene rings is 2. The van der Waals surface area contributed by atoms with Crippen LogP contribution in [0.2, 0.25) is 0 Å². The van der Waals surface area contributed by atoms with Crippen LogP contribution < -0.4 is 74.9 Å². The van der Waals surface area contributed by atoms with Crippen LogP contribution in [0.3, 0.4) is 0 Å². The lowest BCUT2D eigenvalue weighted by molar-refractivity contribution is -0.145. The molecule has 39 heteroatoms. The van der Waals surface area contributed by atoms with Crippen LogP contribution in [-0.4, -0.2) is 236 Å². The average Bonchev–Trinajstić information content (AvgIpc) is 1.62. The molecule has 21 N–H and O–H groups in total. The second kappa shape index (κ2) is 48.5. The van der Waals surface area contributed by atoms with Crippen LogP contribution in [0.5, 0.6) is 0 Å². The third kappa shape index (κ3) is 32.8. The molecule has 116 heavy (non-hydrogen) atoms. The van der Waals surface area contributed by atoms with Gasteiger partial charge in [-0.2, -0.15) is 0 Å². The predicted molar refractivity (Wildman–Crippen MR) is 431 cm³/mol. The van der Waals surface area contributed by atoms with Gasteiger partial charge < -0.3 is 110 Å². The van der Waals surface area contributed by atoms with Gasteiger partial charge in [0.1, 0.15) is 61.0 Å². The first-order valence-corrected chi connectivity index (χ1v) is 40.9. The number of aromatic nitrogens is 2. The molecule has 0 spiro atoms. The van der Waals surface area contributed by atoms with Crippen LogP contribution in [0.15, 0.2) is 73.6 Å². The summed E-state index contributed by atoms with van der Waals surface area (Å²) in [7, 11) is 1.51. The molecule has 638 valence electrons. The molecule has 0 aliphatic carbocycles. The highest BCUT2D eigenvalue weighted by molar-refractivity contribution is 8.76. The normalized spacial score (nSPS) is 22.6. The minimum atomic E-state index is -1.95. The third-order valence-electron chi connectivity index (χ3n) is 18.9. The number of alkyl carbamates (subject to hydrolysis) is 1. The molecular formula is C77H112N16O21S2. The van der Waals surface area contributed by atoms with Crippen LogP contribution in [0.4, 0.5) is 4.79 Å². The number of fused-ring (bicyclic) bond motifs is 2. The molecule has 0 radical (unpaired) electrons. The summed E-state index contributed by atoms with van der Waals surface area (Å²) in [5.74, 6) is -18.7. The van der Waals surface area contributed by atoms with Crippen LogP contribution in [0.1, 0.15) is 131 Å². The largest absolute Gasteiger partial charge is 0.481 e. The Hall–Kier alpha value is -10.8. The van der Waals surface area contributed by atoms with Gasteiger partial charge in [0.05, 0.1) is 19.1 Å². The van der Waals surface area contributed by atoms with Gasteiger partial charge in [0, 0.05) is 90.9 Å². The quantitative estimate of drug-likeness (QED) is 0.0220. The standard InChI is InChI=1S/C77H112N16O21S2/c1-10-25-114-77(113)92-58(32-65(100)101)73(108)90-59-38-115-116-39-60(75(110)93-66(44(9)94)76(111)112)91-71(106)56(29-47-35-79-51-19-13-11-17-49(47)51)86-62(96)31-46(42(6)7)34-82-68(103)54(26-40(2)3)85-61(95)28-45(22-23-64(98)99)33-81-63(97)37-83-69(104)55(27-41(4)5)89-70(105)53(21-15-16-24-78)87-72(107)57(88-67(102)43(8)84-74(59)109)30-48-36-80-52-20-14-12-18-50(48)52/h10-14,17-20,35-36,40-46,53-60,66,79-80,94H,1,15-16,21-34,37-39,78H2,2-9H3,(H,81,97)(H,82,103)(H,83,104)(H,84,109)(H,85,95)(H,86,96)(H,87,107)(H,88,102)(H,89,105)(H,90,108)(H,91,106)(H,92,113)(H,93,110)(H,98,99)(H,100,101)(H,111,112)/t43-,44+,45-,46-,53-,54-,55-,56-,57-,58-,59-,60-,66-/m0/s1. The molecule has 1 fully saturated rings. The zero-order valence-corrected chi connectivity index (χ0v) is 68.0. The molecule has 1 aliphatic heterocycles. The molecule has 37 nitrogen and oxygen atoms in total. The highest BCUT2D eigenvalue weighted by Gasteiger charge is 2.38. The Morgan fingerprint density at radius 2 is 1.14 bits per heavy atom. The fourth-order valence-electron chi connectivity index (χ4n) is 12.5. The monoisotopic (exact) mass is 1660 g/mol. The number of para-hydroxylation sites is 2. The van der Waals surface area contributed by atoms with Crippen molar-refractivity contribution in [1.82, 2.24) is 79.1 Å². The summed E-state index contributed by atoms with van der Waals surface area (Å²) >= 11 is 0. The molecule has 0 unspecified atom stereocenters. The smallest absolute Gasteiger partial charge is 0.408 e. The molecule has 4 aromatic rings. The van der Waals surface area contributed by atoms with Crippen LogP contribution >= 0.6 is 21.6 Å². The van der Waals surface area contributed by atoms with E-state index in [4.69, 9.17) is 10.5 Å². The maximum atomic E-state index is 15.0. The number of aromatic amines is 2. The summed E-state index contributed by atoms with van der Waals surface area (Å²) in [6.45, 7) is 15.2. The molecule has 13 atom stereocenters. The first-order chi connectivity index (χ1) is 55.0. The molecule has 1 saturated heterocycles. The predicted octanol–water partition coefficient (Wildman–Crippen LogP) is 0.537. The molecular weight excluding hydrogens is 1550 g/mol. The number of nitrogens with one attached hydrogen (secondary N) is 15. The maximum Gasteiger partial charge on any atom is 0.408 e. The first kappa shape index (κ1) is 95.8. The number of aliphatic carboxylic acids is 3. The van der Waals surface area contributed by atoms with Crippen molar-refractivity contribution in [3.05, 3.63) is 84.7 Å². The molecule has 0 saturated carbocycles. The lowest BCUT2D eigenvalue weighted by atomic mass is 9.91. The van der Waals surface area contributed by atoms with E-state index in [1.54, 1.807) is 88.6 Å². The Bertz CT molecular complexity index is 4080. The first-order valence-electron chi connectivity index (χ1n) is 38.4. The van der Waals surface area contributed by atoms with E-state index in [-0.39, 0.29) is 102 Å². The van der Waals surface area contributed by atoms with E-state index in [1.165, 1.54) is 13.0 Å². The maximum absolute atomic E-state index is 15.0. The zero-order valence-electron chi connectivity index (χ0n) is 66.4. The molecule has 1 aliphatic rings. The van der Waals surface area contributed by atoms with Crippen LogP contribution in [-0.2, 0) is 89.5 Å². The van der Waals surface area contributed by atoms with Gasteiger partial charge >= 0.3 is 24.0 Å². The van der Waals surface area contributed by atoms with Crippen molar-refractivity contribution in [3.63, 3.8) is 0 Å². The number of nitrogens with two attached hydrogens (primary N) is 1. The average molecular weight is 1660 g/mol. The summed E-state index contributed by atoms with van der Waals surface area (Å²) in [6.07, 6.45) is -0.603. The third-order valence-corrected chi connectivity index (χ3v) is 21.3. The van der Waals surface area contributed by atoms with E-state index >= 15 is 4.79 Å². The molecule has 3 heterocycles. The summed E-state index contributed by atoms with van der Waals surface area (Å²) in [4.78, 5) is 229. The summed E-state index contributed by atoms with van der Waals surface area (Å²) < 4.78 is 4.93. The van der Waals surface area contributed by atoms with Gasteiger partial charge in [-0.1, -0.05) is 112 Å². The fraction of sp³-hybridized carbons (Fsp3) is 0.558. The number of hydrogen-bond acceptors (Lipinski definition) is 21. The van der Waals surface area contributed by atoms with Gasteiger partial charge in [-0.15, -0.1) is 0 Å². The van der Waals surface area contributed by atoms with Gasteiger partial charge in [0.25, 0.3) is 0 Å². The Morgan fingerprint density at radius 3 is 1.71 bits per heavy atom. The lowest BCUT2D eigenvalue weighted by Crippen LogP contribution is -2.60. The number of ether oxygens (including phenoxy) is 1. The second-order valence-electron chi connectivity index (χ2n) is 29.7. The Balaban J connectivity index is 1.62. The number of carboxylic acids is 3. The van der Waals surface area contributed by atoms with Crippen molar-refractivity contribution in [3.8, 4) is 0 Å². The summed E-state index contributed by atoms with van der Waals surface area (Å²) in [5.41, 5.74) is 8.19. The van der Waals surface area contributed by atoms with E-state index in [2.05, 4.69) is 85.7 Å². The molecule has 2 aromatic heterocycles. The van der Waals surface area contributed by atoms with Crippen LogP contribution in [0.25, 0.3) is 21.8 Å². The van der Waals surface area contributed by atoms with Crippen LogP contribution in [0, 0.1) is 29.6 Å². The van der Waals surface area contributed by atoms with Gasteiger partial charge in [-0.3, -0.25) is 67.1 Å². The van der Waals surface area contributed by atoms with Crippen molar-refractivity contribution < 1.29 is 102 Å². The minimum absolute atomic E-state index is 0.0186. The Labute approximate surface area is 679 Å². The number of hydrogen-bond donors (Lipinski definition) is 20. The number of aliphatic hydroxyl groups is 1. The fourth-order valence-corrected chi connectivity index (χ4v) is 14.8. The SMILES string of the molecule is C=CCOC(=O)N[C@@H](CC(=O)O)C(=O)N[C@H]1CSSC[C@@H](C(=O)N[C@H](C(=O)O)[C@@H](C)O)NC(=O)[C@H](Cc2c[nH]c3ccccc23)NC(=O)C[C@H](C(C)C)CNC(=O)[C@H](CC(C)C)NC(=O)C[C@H](CCC(=O)O)CNC(=O)CNC(=O)[C@H](CC(C)C)NC(=O)[C@H](CCCCN)NC(=O)[C@H](Cc2c[nH]c3ccccc23)NC(=O)[C@H](C)NC1=O. The van der Waals surface area contributed by atoms with E-state index in [0.29, 0.717) is 39.4 Å². The van der Waals surface area contributed by atoms with Gasteiger partial charge in [-0.05, 0) is 112 Å². The Kier molecular flexibility index (Phi) is 40.1. The number of unbranched alkanes of at least 4 members (excludes halogenated alkanes) is 1. The molecule has 5 rings (SSSR count). The number of carboxylic acid groups (broad SMARTS) is 3. The number of H-pyrrole nitrogens is 2. The Morgan fingerprint density at radius 1 is 0.595 bits per heavy atom. The number of rotatable bonds is 27. The van der Waals surface area contributed by atoms with E-state index in [0.717, 1.165) is 28.5 Å². The van der Waals surface area contributed by atoms with Gasteiger partial charge in [0.2, 0.25) is 70.9 Å². The van der Waals surface area contributed by atoms with Crippen molar-refractivity contribution in [2.45, 2.75) is 199 Å². The summed E-state index contributed by atoms with van der Waals surface area (Å²) in [5, 5.41) is 75.0.